The molecule has 1 saturated carbocycles. The highest BCUT2D eigenvalue weighted by Crippen LogP contribution is 2.53. The molecular weight excluding hydrogens is 477 g/mol. The summed E-state index contributed by atoms with van der Waals surface area (Å²) in [5.41, 5.74) is 5.42. The van der Waals surface area contributed by atoms with Crippen LogP contribution in [0.25, 0.3) is 0 Å². The molecule has 1 aromatic carbocycles. The molecule has 0 unspecified atom stereocenters. The van der Waals surface area contributed by atoms with Crippen LogP contribution in [0.5, 0.6) is 11.5 Å². The van der Waals surface area contributed by atoms with E-state index in [1.165, 1.54) is 30.5 Å². The first-order valence-electron chi connectivity index (χ1n) is 10.6. The Hall–Kier alpha value is -3.21. The van der Waals surface area contributed by atoms with Crippen molar-refractivity contribution in [2.24, 2.45) is 16.6 Å². The Morgan fingerprint density at radius 2 is 2.09 bits per heavy atom. The Balaban J connectivity index is 1.44. The molecule has 1 aromatic heterocycles. The molecule has 4 atom stereocenters. The summed E-state index contributed by atoms with van der Waals surface area (Å²) >= 11 is 5.84. The van der Waals surface area contributed by atoms with Gasteiger partial charge in [0.05, 0.1) is 5.02 Å². The number of fused-ring (bicyclic) bond motifs is 4. The standard InChI is InChI=1S/C22H20ClF3N4O4/c23-11-1-4-16(28-9-11)19(31)29-12-2-5-17-14(7-12)21(10-32-20(27)30-21)15-8-13(34-22(24,25)26)3-6-18(15)33-17/h1,3-4,6,8-9,12,14,17H,2,5,7,10H2,(H2,27,30)(H,29,31)/t12-,14-,17-,21+/m0/s1. The summed E-state index contributed by atoms with van der Waals surface area (Å²) in [5.74, 6) is -0.634. The first-order valence-corrected chi connectivity index (χ1v) is 11.0. The summed E-state index contributed by atoms with van der Waals surface area (Å²) < 4.78 is 54.2. The van der Waals surface area contributed by atoms with E-state index in [-0.39, 0.29) is 48.0 Å². The zero-order valence-electron chi connectivity index (χ0n) is 17.6. The maximum atomic E-state index is 12.8. The number of hydrogen-bond acceptors (Lipinski definition) is 7. The van der Waals surface area contributed by atoms with Crippen LogP contribution in [0.4, 0.5) is 13.2 Å². The molecule has 0 bridgehead atoms. The molecule has 2 aromatic rings. The fourth-order valence-corrected chi connectivity index (χ4v) is 5.08. The van der Waals surface area contributed by atoms with E-state index in [1.54, 1.807) is 6.07 Å². The monoisotopic (exact) mass is 496 g/mol. The fourth-order valence-electron chi connectivity index (χ4n) is 4.97. The number of carbonyl (C=O) groups excluding carboxylic acids is 1. The molecule has 12 heteroatoms. The second-order valence-electron chi connectivity index (χ2n) is 8.48. The van der Waals surface area contributed by atoms with Crippen molar-refractivity contribution in [1.29, 1.82) is 0 Å². The number of nitrogens with zero attached hydrogens (tertiary/aromatic N) is 2. The second kappa shape index (κ2) is 8.23. The molecule has 1 fully saturated rings. The number of amidine groups is 1. The van der Waals surface area contributed by atoms with Gasteiger partial charge < -0.3 is 25.3 Å². The van der Waals surface area contributed by atoms with Crippen molar-refractivity contribution in [3.63, 3.8) is 0 Å². The van der Waals surface area contributed by atoms with Crippen molar-refractivity contribution in [2.75, 3.05) is 6.61 Å². The van der Waals surface area contributed by atoms with Crippen molar-refractivity contribution >= 4 is 23.5 Å². The van der Waals surface area contributed by atoms with Gasteiger partial charge in [-0.3, -0.25) is 4.79 Å². The molecule has 1 spiro atoms. The molecule has 0 radical (unpaired) electrons. The van der Waals surface area contributed by atoms with Crippen LogP contribution in [0.2, 0.25) is 5.02 Å². The summed E-state index contributed by atoms with van der Waals surface area (Å²) in [5, 5.41) is 3.40. The maximum absolute atomic E-state index is 12.8. The number of pyridine rings is 1. The zero-order chi connectivity index (χ0) is 24.1. The van der Waals surface area contributed by atoms with Gasteiger partial charge in [-0.25, -0.2) is 9.98 Å². The van der Waals surface area contributed by atoms with Crippen LogP contribution < -0.4 is 20.5 Å². The lowest BCUT2D eigenvalue weighted by atomic mass is 9.67. The van der Waals surface area contributed by atoms with Gasteiger partial charge in [0.2, 0.25) is 0 Å². The average Bonchev–Trinajstić information content (AvgIpc) is 3.16. The van der Waals surface area contributed by atoms with Crippen molar-refractivity contribution in [2.45, 2.75) is 43.3 Å². The van der Waals surface area contributed by atoms with E-state index < -0.39 is 11.9 Å². The third kappa shape index (κ3) is 4.20. The van der Waals surface area contributed by atoms with Crippen molar-refractivity contribution in [3.05, 3.63) is 52.8 Å². The average molecular weight is 497 g/mol. The Bertz CT molecular complexity index is 1140. The molecule has 8 nitrogen and oxygen atoms in total. The van der Waals surface area contributed by atoms with Crippen LogP contribution in [0.15, 0.2) is 41.5 Å². The number of amides is 1. The van der Waals surface area contributed by atoms with Crippen molar-refractivity contribution < 1.29 is 32.2 Å². The number of carbonyl (C=O) groups is 1. The van der Waals surface area contributed by atoms with Gasteiger partial charge >= 0.3 is 6.36 Å². The summed E-state index contributed by atoms with van der Waals surface area (Å²) in [6.07, 6.45) is -2.04. The topological polar surface area (TPSA) is 108 Å². The zero-order valence-corrected chi connectivity index (χ0v) is 18.4. The summed E-state index contributed by atoms with van der Waals surface area (Å²) in [7, 11) is 0. The number of rotatable bonds is 3. The Morgan fingerprint density at radius 1 is 1.26 bits per heavy atom. The van der Waals surface area contributed by atoms with Gasteiger partial charge in [-0.15, -0.1) is 13.2 Å². The number of aliphatic imine (C=N–C) groups is 1. The van der Waals surface area contributed by atoms with E-state index in [0.717, 1.165) is 0 Å². The SMILES string of the molecule is NC1=N[C@@]2(CO1)c1cc(OC(F)(F)F)ccc1O[C@H]1CC[C@H](NC(=O)c3ccc(Cl)cn3)C[C@@H]12. The highest BCUT2D eigenvalue weighted by atomic mass is 35.5. The molecule has 3 heterocycles. The number of alkyl halides is 3. The van der Waals surface area contributed by atoms with Gasteiger partial charge in [0.15, 0.2) is 0 Å². The number of ether oxygens (including phenoxy) is 3. The van der Waals surface area contributed by atoms with Gasteiger partial charge in [0.25, 0.3) is 11.9 Å². The number of benzene rings is 1. The van der Waals surface area contributed by atoms with Crippen LogP contribution in [0, 0.1) is 5.92 Å². The highest BCUT2D eigenvalue weighted by molar-refractivity contribution is 6.30. The van der Waals surface area contributed by atoms with Crippen molar-refractivity contribution in [3.8, 4) is 11.5 Å². The van der Waals surface area contributed by atoms with Crippen LogP contribution in [-0.4, -0.2) is 42.0 Å². The van der Waals surface area contributed by atoms with E-state index in [2.05, 4.69) is 20.0 Å². The van der Waals surface area contributed by atoms with Gasteiger partial charge in [0.1, 0.15) is 35.4 Å². The summed E-state index contributed by atoms with van der Waals surface area (Å²) in [6.45, 7) is 0.0469. The number of hydrogen-bond donors (Lipinski definition) is 2. The van der Waals surface area contributed by atoms with Crippen LogP contribution in [-0.2, 0) is 10.3 Å². The minimum absolute atomic E-state index is 0.0469. The lowest BCUT2D eigenvalue weighted by Gasteiger charge is -2.48. The van der Waals surface area contributed by atoms with Gasteiger partial charge in [-0.1, -0.05) is 11.6 Å². The lowest BCUT2D eigenvalue weighted by molar-refractivity contribution is -0.274. The van der Waals surface area contributed by atoms with Gasteiger partial charge in [0, 0.05) is 23.7 Å². The summed E-state index contributed by atoms with van der Waals surface area (Å²) in [6, 6.07) is 6.74. The normalized spacial score (nSPS) is 27.6. The predicted octanol–water partition coefficient (Wildman–Crippen LogP) is 3.53. The number of halogens is 4. The highest BCUT2D eigenvalue weighted by Gasteiger charge is 2.56. The number of nitrogens with two attached hydrogens (primary N) is 1. The number of aromatic nitrogens is 1. The summed E-state index contributed by atoms with van der Waals surface area (Å²) in [4.78, 5) is 21.3. The van der Waals surface area contributed by atoms with Crippen LogP contribution >= 0.6 is 11.6 Å². The minimum atomic E-state index is -4.84. The van der Waals surface area contributed by atoms with Gasteiger partial charge in [-0.2, -0.15) is 0 Å². The van der Waals surface area contributed by atoms with Gasteiger partial charge in [-0.05, 0) is 49.6 Å². The minimum Gasteiger partial charge on any atom is -0.490 e. The first kappa shape index (κ1) is 22.6. The first-order chi connectivity index (χ1) is 16.1. The Labute approximate surface area is 197 Å². The molecular formula is C22H20ClF3N4O4. The third-order valence-corrected chi connectivity index (χ3v) is 6.60. The molecule has 2 aliphatic heterocycles. The van der Waals surface area contributed by atoms with E-state index in [0.29, 0.717) is 35.6 Å². The second-order valence-corrected chi connectivity index (χ2v) is 8.91. The molecule has 1 aliphatic carbocycles. The van der Waals surface area contributed by atoms with E-state index in [9.17, 15) is 18.0 Å². The molecule has 3 aliphatic rings. The van der Waals surface area contributed by atoms with E-state index in [1.807, 2.05) is 0 Å². The van der Waals surface area contributed by atoms with E-state index in [4.69, 9.17) is 26.8 Å². The molecule has 3 N–H and O–H groups in total. The smallest absolute Gasteiger partial charge is 0.490 e. The lowest BCUT2D eigenvalue weighted by Crippen LogP contribution is -2.54. The molecule has 1 amide bonds. The quantitative estimate of drug-likeness (QED) is 0.673. The van der Waals surface area contributed by atoms with E-state index >= 15 is 0 Å². The molecule has 5 rings (SSSR count). The predicted molar refractivity (Wildman–Crippen MR) is 115 cm³/mol. The molecule has 180 valence electrons. The van der Waals surface area contributed by atoms with Crippen LogP contribution in [0.1, 0.15) is 35.3 Å². The Morgan fingerprint density at radius 3 is 2.76 bits per heavy atom. The maximum Gasteiger partial charge on any atom is 0.573 e. The molecule has 0 saturated heterocycles. The molecule has 34 heavy (non-hydrogen) atoms. The largest absolute Gasteiger partial charge is 0.573 e. The number of nitrogens with one attached hydrogen (secondary N) is 1. The third-order valence-electron chi connectivity index (χ3n) is 6.37. The Kier molecular flexibility index (Phi) is 5.46. The van der Waals surface area contributed by atoms with Crippen molar-refractivity contribution in [1.82, 2.24) is 10.3 Å². The fraction of sp³-hybridized carbons (Fsp3) is 0.409. The van der Waals surface area contributed by atoms with Crippen LogP contribution in [0.3, 0.4) is 0 Å².